The van der Waals surface area contributed by atoms with E-state index >= 15 is 0 Å². The van der Waals surface area contributed by atoms with Crippen molar-refractivity contribution in [3.63, 3.8) is 0 Å². The van der Waals surface area contributed by atoms with Crippen molar-refractivity contribution >= 4 is 22.7 Å². The van der Waals surface area contributed by atoms with E-state index in [9.17, 15) is 9.59 Å². The average molecular weight is 349 g/mol. The molecule has 0 spiro atoms. The van der Waals surface area contributed by atoms with Gasteiger partial charge in [0.05, 0.1) is 17.1 Å². The molecule has 1 aliphatic rings. The molecule has 2 aromatic heterocycles. The van der Waals surface area contributed by atoms with Gasteiger partial charge >= 0.3 is 0 Å². The number of hydrogen-bond acceptors (Lipinski definition) is 6. The first-order valence-electron chi connectivity index (χ1n) is 7.95. The van der Waals surface area contributed by atoms with Crippen LogP contribution in [0.5, 0.6) is 11.6 Å². The second-order valence-electron chi connectivity index (χ2n) is 6.20. The largest absolute Gasteiger partial charge is 0.438 e. The van der Waals surface area contributed by atoms with E-state index in [4.69, 9.17) is 16.2 Å². The van der Waals surface area contributed by atoms with Crippen LogP contribution in [0.3, 0.4) is 0 Å². The molecule has 26 heavy (non-hydrogen) atoms. The van der Waals surface area contributed by atoms with Gasteiger partial charge in [0.1, 0.15) is 17.5 Å². The number of carbonyl (C=O) groups excluding carboxylic acids is 2. The van der Waals surface area contributed by atoms with Gasteiger partial charge in [-0.1, -0.05) is 12.1 Å². The lowest BCUT2D eigenvalue weighted by Gasteiger charge is -2.10. The van der Waals surface area contributed by atoms with Crippen LogP contribution in [-0.2, 0) is 9.59 Å². The first kappa shape index (κ1) is 15.9. The lowest BCUT2D eigenvalue weighted by atomic mass is 9.97. The fourth-order valence-electron chi connectivity index (χ4n) is 3.18. The number of pyridine rings is 1. The van der Waals surface area contributed by atoms with Crippen LogP contribution in [0.1, 0.15) is 17.9 Å². The fraction of sp³-hybridized carbons (Fsp3) is 0.167. The van der Waals surface area contributed by atoms with E-state index in [1.807, 2.05) is 0 Å². The van der Waals surface area contributed by atoms with E-state index in [1.165, 1.54) is 6.33 Å². The number of fused-ring (bicyclic) bond motifs is 1. The van der Waals surface area contributed by atoms with Crippen molar-refractivity contribution in [3.8, 4) is 11.6 Å². The molecule has 2 heterocycles. The molecule has 2 amide bonds. The van der Waals surface area contributed by atoms with Gasteiger partial charge in [0, 0.05) is 12.1 Å². The van der Waals surface area contributed by atoms with Gasteiger partial charge in [-0.15, -0.1) is 0 Å². The molecule has 130 valence electrons. The highest BCUT2D eigenvalue weighted by atomic mass is 16.5. The molecule has 4 N–H and O–H groups in total. The fourth-order valence-corrected chi connectivity index (χ4v) is 3.18. The van der Waals surface area contributed by atoms with Crippen LogP contribution in [0.4, 0.5) is 0 Å². The summed E-state index contributed by atoms with van der Waals surface area (Å²) in [5.74, 6) is -0.680. The number of carbonyl (C=O) groups is 2. The Morgan fingerprint density at radius 1 is 1.08 bits per heavy atom. The van der Waals surface area contributed by atoms with E-state index in [0.29, 0.717) is 23.6 Å². The molecule has 8 heteroatoms. The predicted octanol–water partition coefficient (Wildman–Crippen LogP) is 1.26. The maximum Gasteiger partial charge on any atom is 0.233 e. The van der Waals surface area contributed by atoms with Gasteiger partial charge in [-0.05, 0) is 30.2 Å². The van der Waals surface area contributed by atoms with E-state index < -0.39 is 17.2 Å². The SMILES string of the molecule is NC(=O)C1(C(N)=O)CC1c1ccc(Oc2ncnc3cnccc23)cc1. The Balaban J connectivity index is 1.58. The van der Waals surface area contributed by atoms with E-state index in [-0.39, 0.29) is 5.92 Å². The van der Waals surface area contributed by atoms with E-state index in [2.05, 4.69) is 15.0 Å². The molecule has 0 aliphatic heterocycles. The van der Waals surface area contributed by atoms with Gasteiger partial charge in [-0.2, -0.15) is 0 Å². The summed E-state index contributed by atoms with van der Waals surface area (Å²) in [6.45, 7) is 0. The summed E-state index contributed by atoms with van der Waals surface area (Å²) >= 11 is 0. The zero-order valence-electron chi connectivity index (χ0n) is 13.6. The summed E-state index contributed by atoms with van der Waals surface area (Å²) in [6, 6.07) is 8.85. The lowest BCUT2D eigenvalue weighted by Crippen LogP contribution is -2.38. The van der Waals surface area contributed by atoms with Crippen LogP contribution in [0.2, 0.25) is 0 Å². The van der Waals surface area contributed by atoms with Crippen molar-refractivity contribution in [1.82, 2.24) is 15.0 Å². The number of rotatable bonds is 5. The normalized spacial score (nSPS) is 17.6. The average Bonchev–Trinajstić information content (AvgIpc) is 3.40. The number of hydrogen-bond donors (Lipinski definition) is 2. The Kier molecular flexibility index (Phi) is 3.54. The molecular weight excluding hydrogens is 334 g/mol. The second kappa shape index (κ2) is 5.76. The van der Waals surface area contributed by atoms with Gasteiger partial charge in [0.2, 0.25) is 17.7 Å². The van der Waals surface area contributed by atoms with Crippen LogP contribution >= 0.6 is 0 Å². The summed E-state index contributed by atoms with van der Waals surface area (Å²) < 4.78 is 5.83. The molecule has 8 nitrogen and oxygen atoms in total. The molecule has 1 fully saturated rings. The Morgan fingerprint density at radius 2 is 1.81 bits per heavy atom. The number of amides is 2. The highest BCUT2D eigenvalue weighted by Crippen LogP contribution is 2.59. The van der Waals surface area contributed by atoms with E-state index in [0.717, 1.165) is 10.9 Å². The third kappa shape index (κ3) is 2.43. The van der Waals surface area contributed by atoms with Crippen molar-refractivity contribution in [2.75, 3.05) is 0 Å². The van der Waals surface area contributed by atoms with Gasteiger partial charge < -0.3 is 16.2 Å². The predicted molar refractivity (Wildman–Crippen MR) is 92.0 cm³/mol. The zero-order chi connectivity index (χ0) is 18.3. The number of nitrogens with two attached hydrogens (primary N) is 2. The molecule has 3 aromatic rings. The van der Waals surface area contributed by atoms with Crippen LogP contribution in [0, 0.1) is 5.41 Å². The highest BCUT2D eigenvalue weighted by Gasteiger charge is 2.64. The van der Waals surface area contributed by atoms with Crippen molar-refractivity contribution < 1.29 is 14.3 Å². The monoisotopic (exact) mass is 349 g/mol. The maximum absolute atomic E-state index is 11.6. The van der Waals surface area contributed by atoms with Crippen molar-refractivity contribution in [1.29, 1.82) is 0 Å². The zero-order valence-corrected chi connectivity index (χ0v) is 13.6. The Hall–Kier alpha value is -3.55. The van der Waals surface area contributed by atoms with Crippen molar-refractivity contribution in [3.05, 3.63) is 54.6 Å². The molecule has 0 radical (unpaired) electrons. The first-order valence-corrected chi connectivity index (χ1v) is 7.95. The summed E-state index contributed by atoms with van der Waals surface area (Å²) in [6.07, 6.45) is 5.02. The van der Waals surface area contributed by atoms with Crippen LogP contribution < -0.4 is 16.2 Å². The number of primary amides is 2. The third-order valence-electron chi connectivity index (χ3n) is 4.74. The quantitative estimate of drug-likeness (QED) is 0.666. The Morgan fingerprint density at radius 3 is 2.46 bits per heavy atom. The van der Waals surface area contributed by atoms with Crippen LogP contribution in [0.25, 0.3) is 10.9 Å². The standard InChI is InChI=1S/C18H15N5O3/c19-16(24)18(17(20)25)7-13(18)10-1-3-11(4-2-10)26-15-12-5-6-21-8-14(12)22-9-23-15/h1-6,8-9,13H,7H2,(H2,19,24)(H2,20,25). The van der Waals surface area contributed by atoms with Crippen LogP contribution in [-0.4, -0.2) is 26.8 Å². The topological polar surface area (TPSA) is 134 Å². The molecule has 1 atom stereocenters. The number of benzene rings is 1. The van der Waals surface area contributed by atoms with Gasteiger partial charge in [0.25, 0.3) is 0 Å². The molecule has 0 bridgehead atoms. The van der Waals surface area contributed by atoms with Crippen molar-refractivity contribution in [2.45, 2.75) is 12.3 Å². The number of aromatic nitrogens is 3. The smallest absolute Gasteiger partial charge is 0.233 e. The first-order chi connectivity index (χ1) is 12.5. The van der Waals surface area contributed by atoms with Crippen molar-refractivity contribution in [2.24, 2.45) is 16.9 Å². The Bertz CT molecular complexity index is 1000. The molecular formula is C18H15N5O3. The lowest BCUT2D eigenvalue weighted by molar-refractivity contribution is -0.133. The summed E-state index contributed by atoms with van der Waals surface area (Å²) in [7, 11) is 0. The van der Waals surface area contributed by atoms with E-state index in [1.54, 1.807) is 42.7 Å². The minimum Gasteiger partial charge on any atom is -0.438 e. The number of nitrogens with zero attached hydrogens (tertiary/aromatic N) is 3. The van der Waals surface area contributed by atoms with Gasteiger partial charge in [0.15, 0.2) is 0 Å². The maximum atomic E-state index is 11.6. The molecule has 0 saturated heterocycles. The molecule has 1 unspecified atom stereocenters. The van der Waals surface area contributed by atoms with Crippen LogP contribution in [0.15, 0.2) is 49.1 Å². The molecule has 1 aromatic carbocycles. The minimum atomic E-state index is -1.28. The molecule has 1 aliphatic carbocycles. The second-order valence-corrected chi connectivity index (χ2v) is 6.20. The Labute approximate surface area is 148 Å². The summed E-state index contributed by atoms with van der Waals surface area (Å²) in [5.41, 5.74) is 10.9. The van der Waals surface area contributed by atoms with Gasteiger partial charge in [-0.3, -0.25) is 14.6 Å². The van der Waals surface area contributed by atoms with Gasteiger partial charge in [-0.25, -0.2) is 9.97 Å². The summed E-state index contributed by atoms with van der Waals surface area (Å²) in [4.78, 5) is 35.6. The third-order valence-corrected chi connectivity index (χ3v) is 4.74. The number of ether oxygens (including phenoxy) is 1. The molecule has 1 saturated carbocycles. The highest BCUT2D eigenvalue weighted by molar-refractivity contribution is 6.08. The minimum absolute atomic E-state index is 0.294. The summed E-state index contributed by atoms with van der Waals surface area (Å²) in [5, 5.41) is 0.746. The molecule has 4 rings (SSSR count).